The van der Waals surface area contributed by atoms with Crippen molar-refractivity contribution in [3.63, 3.8) is 0 Å². The normalized spacial score (nSPS) is 11.7. The van der Waals surface area contributed by atoms with Gasteiger partial charge in [-0.1, -0.05) is 160 Å². The van der Waals surface area contributed by atoms with Crippen LogP contribution in [0.4, 0.5) is 0 Å². The van der Waals surface area contributed by atoms with Crippen molar-refractivity contribution in [3.8, 4) is 11.5 Å². The minimum atomic E-state index is 0.771. The lowest BCUT2D eigenvalue weighted by Crippen LogP contribution is -2.05. The molecular weight excluding hydrogens is 689 g/mol. The zero-order chi connectivity index (χ0) is 33.7. The van der Waals surface area contributed by atoms with Gasteiger partial charge in [-0.3, -0.25) is 3.53 Å². The molecule has 3 nitrogen and oxygen atoms in total. The van der Waals surface area contributed by atoms with E-state index in [0.717, 1.165) is 44.1 Å². The fourth-order valence-electron chi connectivity index (χ4n) is 6.04. The van der Waals surface area contributed by atoms with E-state index in [-0.39, 0.29) is 0 Å². The maximum atomic E-state index is 6.26. The Bertz CT molecular complexity index is 839. The van der Waals surface area contributed by atoms with Crippen LogP contribution in [0.25, 0.3) is 0 Å². The lowest BCUT2D eigenvalue weighted by Gasteiger charge is -2.14. The predicted octanol–water partition coefficient (Wildman–Crippen LogP) is 15.0. The van der Waals surface area contributed by atoms with Crippen molar-refractivity contribution in [3.05, 3.63) is 48.1 Å². The molecule has 0 aliphatic heterocycles. The van der Waals surface area contributed by atoms with Gasteiger partial charge in [-0.25, -0.2) is 0 Å². The fourth-order valence-corrected chi connectivity index (χ4v) is 6.48. The van der Waals surface area contributed by atoms with Gasteiger partial charge in [-0.15, -0.1) is 0 Å². The zero-order valence-electron chi connectivity index (χ0n) is 31.2. The minimum absolute atomic E-state index is 0.771. The number of benzene rings is 1. The van der Waals surface area contributed by atoms with Crippen molar-refractivity contribution in [2.45, 2.75) is 200 Å². The molecular formula is C43H76INO2. The molecule has 0 saturated carbocycles. The van der Waals surface area contributed by atoms with Crippen LogP contribution < -0.4 is 13.0 Å². The molecule has 0 bridgehead atoms. The minimum Gasteiger partial charge on any atom is -0.490 e. The molecule has 0 saturated heterocycles. The highest BCUT2D eigenvalue weighted by atomic mass is 127. The number of unbranched alkanes of at least 4 members (excludes halogenated alkanes) is 24. The maximum Gasteiger partial charge on any atom is 0.161 e. The number of nitrogens with one attached hydrogen (secondary N) is 1. The Morgan fingerprint density at radius 1 is 0.468 bits per heavy atom. The third kappa shape index (κ3) is 29.6. The second-order valence-electron chi connectivity index (χ2n) is 13.7. The first kappa shape index (κ1) is 44.0. The monoisotopic (exact) mass is 765 g/mol. The molecule has 1 aromatic rings. The molecule has 47 heavy (non-hydrogen) atoms. The van der Waals surface area contributed by atoms with E-state index in [4.69, 9.17) is 9.47 Å². The van der Waals surface area contributed by atoms with Crippen LogP contribution in [0.5, 0.6) is 11.5 Å². The number of ether oxygens (including phenoxy) is 2. The molecule has 4 heteroatoms. The average molecular weight is 766 g/mol. The van der Waals surface area contributed by atoms with Crippen molar-refractivity contribution in [1.82, 2.24) is 3.53 Å². The van der Waals surface area contributed by atoms with Gasteiger partial charge in [0.25, 0.3) is 0 Å². The molecule has 1 N–H and O–H groups in total. The molecule has 0 fully saturated rings. The summed E-state index contributed by atoms with van der Waals surface area (Å²) in [4.78, 5) is 0. The Balaban J connectivity index is 2.07. The van der Waals surface area contributed by atoms with E-state index in [1.807, 2.05) is 0 Å². The second-order valence-corrected chi connectivity index (χ2v) is 14.4. The molecule has 0 radical (unpaired) electrons. The molecule has 272 valence electrons. The molecule has 0 heterocycles. The van der Waals surface area contributed by atoms with E-state index < -0.39 is 0 Å². The highest BCUT2D eigenvalue weighted by molar-refractivity contribution is 14.1. The van der Waals surface area contributed by atoms with Crippen LogP contribution in [0.1, 0.15) is 199 Å². The number of hydrogen-bond acceptors (Lipinski definition) is 3. The van der Waals surface area contributed by atoms with E-state index >= 15 is 0 Å². The largest absolute Gasteiger partial charge is 0.490 e. The average Bonchev–Trinajstić information content (AvgIpc) is 3.08. The second kappa shape index (κ2) is 36.3. The first-order chi connectivity index (χ1) is 23.3. The van der Waals surface area contributed by atoms with Gasteiger partial charge in [0, 0.05) is 29.4 Å². The van der Waals surface area contributed by atoms with E-state index in [2.05, 4.69) is 82.7 Å². The molecule has 0 atom stereocenters. The van der Waals surface area contributed by atoms with Crippen molar-refractivity contribution in [2.24, 2.45) is 0 Å². The molecule has 1 rings (SSSR count). The van der Waals surface area contributed by atoms with Crippen LogP contribution in [-0.2, 0) is 6.54 Å². The summed E-state index contributed by atoms with van der Waals surface area (Å²) < 4.78 is 15.7. The molecule has 0 aliphatic carbocycles. The van der Waals surface area contributed by atoms with Crippen molar-refractivity contribution in [1.29, 1.82) is 0 Å². The van der Waals surface area contributed by atoms with Crippen molar-refractivity contribution >= 4 is 22.9 Å². The fraction of sp³-hybridized carbons (Fsp3) is 0.767. The first-order valence-corrected chi connectivity index (χ1v) is 21.4. The maximum absolute atomic E-state index is 6.26. The smallest absolute Gasteiger partial charge is 0.161 e. The summed E-state index contributed by atoms with van der Waals surface area (Å²) in [5.74, 6) is 1.81. The molecule has 0 unspecified atom stereocenters. The summed E-state index contributed by atoms with van der Waals surface area (Å²) in [6.07, 6.45) is 46.8. The van der Waals surface area contributed by atoms with Crippen LogP contribution in [0.15, 0.2) is 42.5 Å². The van der Waals surface area contributed by atoms with Crippen LogP contribution in [0.2, 0.25) is 0 Å². The van der Waals surface area contributed by atoms with E-state index in [1.54, 1.807) is 0 Å². The molecule has 1 aromatic carbocycles. The highest BCUT2D eigenvalue weighted by Crippen LogP contribution is 2.29. The Morgan fingerprint density at radius 3 is 1.23 bits per heavy atom. The van der Waals surface area contributed by atoms with Gasteiger partial charge in [0.2, 0.25) is 0 Å². The Labute approximate surface area is 307 Å². The molecule has 0 aliphatic rings. The summed E-state index contributed by atoms with van der Waals surface area (Å²) in [6.45, 7) is 6.95. The van der Waals surface area contributed by atoms with Crippen molar-refractivity contribution < 1.29 is 9.47 Å². The van der Waals surface area contributed by atoms with Gasteiger partial charge in [0.05, 0.1) is 13.2 Å². The number of allylic oxidation sites excluding steroid dienone is 4. The summed E-state index contributed by atoms with van der Waals surface area (Å²) in [5.41, 5.74) is 1.24. The quantitative estimate of drug-likeness (QED) is 0.0319. The van der Waals surface area contributed by atoms with Gasteiger partial charge in [0.1, 0.15) is 0 Å². The van der Waals surface area contributed by atoms with E-state index in [9.17, 15) is 0 Å². The van der Waals surface area contributed by atoms with Crippen LogP contribution in [0, 0.1) is 0 Å². The Kier molecular flexibility index (Phi) is 34.0. The number of hydrogen-bond donors (Lipinski definition) is 1. The summed E-state index contributed by atoms with van der Waals surface area (Å²) in [7, 11) is 0. The Morgan fingerprint density at radius 2 is 0.830 bits per heavy atom. The highest BCUT2D eigenvalue weighted by Gasteiger charge is 2.07. The SMILES string of the molecule is CCCCCCCC/C=C\CCCCCCCCOc1ccc(CNI)cc1OCCCCCCCC/C=C\CCCCCCCC. The van der Waals surface area contributed by atoms with Crippen LogP contribution in [-0.4, -0.2) is 13.2 Å². The van der Waals surface area contributed by atoms with E-state index in [1.165, 1.54) is 173 Å². The van der Waals surface area contributed by atoms with Crippen LogP contribution in [0.3, 0.4) is 0 Å². The first-order valence-electron chi connectivity index (χ1n) is 20.3. The van der Waals surface area contributed by atoms with Crippen molar-refractivity contribution in [2.75, 3.05) is 13.2 Å². The molecule has 0 spiro atoms. The predicted molar refractivity (Wildman–Crippen MR) is 217 cm³/mol. The van der Waals surface area contributed by atoms with Gasteiger partial charge in [0.15, 0.2) is 11.5 Å². The molecule has 0 amide bonds. The van der Waals surface area contributed by atoms with Gasteiger partial charge in [-0.05, 0) is 81.9 Å². The summed E-state index contributed by atoms with van der Waals surface area (Å²) in [5, 5.41) is 0. The standard InChI is InChI=1S/C43H76INO2/c1-3-5-7-9-11-13-15-17-19-21-23-25-27-29-31-33-37-46-42-36-35-41(40-45-44)39-43(42)47-38-34-32-30-28-26-24-22-20-18-16-14-12-10-8-6-4-2/h17-20,35-36,39,45H,3-16,21-34,37-38,40H2,1-2H3/b19-17-,20-18-. The molecule has 0 aromatic heterocycles. The topological polar surface area (TPSA) is 30.5 Å². The third-order valence-corrected chi connectivity index (χ3v) is 9.49. The number of halogens is 1. The van der Waals surface area contributed by atoms with Crippen LogP contribution >= 0.6 is 22.9 Å². The zero-order valence-corrected chi connectivity index (χ0v) is 33.3. The van der Waals surface area contributed by atoms with E-state index in [0.29, 0.717) is 0 Å². The van der Waals surface area contributed by atoms with Gasteiger partial charge in [-0.2, -0.15) is 0 Å². The number of rotatable bonds is 36. The third-order valence-electron chi connectivity index (χ3n) is 9.11. The Hall–Kier alpha value is -1.01. The van der Waals surface area contributed by atoms with Gasteiger partial charge >= 0.3 is 0 Å². The van der Waals surface area contributed by atoms with Gasteiger partial charge < -0.3 is 9.47 Å². The summed E-state index contributed by atoms with van der Waals surface area (Å²) >= 11 is 2.21. The lowest BCUT2D eigenvalue weighted by molar-refractivity contribution is 0.258. The summed E-state index contributed by atoms with van der Waals surface area (Å²) in [6, 6.07) is 6.41. The lowest BCUT2D eigenvalue weighted by atomic mass is 10.1.